The summed E-state index contributed by atoms with van der Waals surface area (Å²) in [5.41, 5.74) is 2.67. The summed E-state index contributed by atoms with van der Waals surface area (Å²) in [7, 11) is 0. The molecule has 2 aliphatic heterocycles. The summed E-state index contributed by atoms with van der Waals surface area (Å²) < 4.78 is 5.03. The molecule has 1 N–H and O–H groups in total. The summed E-state index contributed by atoms with van der Waals surface area (Å²) in [6.07, 6.45) is 7.33. The second-order valence-corrected chi connectivity index (χ2v) is 8.70. The predicted octanol–water partition coefficient (Wildman–Crippen LogP) is 3.55. The Bertz CT molecular complexity index is 1080. The van der Waals surface area contributed by atoms with Crippen LogP contribution < -0.4 is 10.2 Å². The summed E-state index contributed by atoms with van der Waals surface area (Å²) >= 11 is 0. The largest absolute Gasteiger partial charge is 0.472 e. The molecule has 2 fully saturated rings. The number of carbonyl (C=O) groups is 2. The van der Waals surface area contributed by atoms with E-state index in [0.717, 1.165) is 50.4 Å². The lowest BCUT2D eigenvalue weighted by molar-refractivity contribution is -0.119. The molecule has 170 valence electrons. The smallest absolute Gasteiger partial charge is 0.257 e. The van der Waals surface area contributed by atoms with Gasteiger partial charge in [-0.25, -0.2) is 0 Å². The standard InChI is InChI=1S/C25H27N5O3/c31-24(20-9-14-30(16-20)23-2-1-11-26-28-23)27-22-5-3-18(4-6-22)19-7-12-29(13-8-19)25(32)21-10-15-33-17-21/h1-6,10-11,15,17,19-20H,7-9,12-14,16H2,(H,27,31)/t20-/m0/s1. The maximum Gasteiger partial charge on any atom is 0.257 e. The minimum Gasteiger partial charge on any atom is -0.472 e. The third kappa shape index (κ3) is 4.74. The highest BCUT2D eigenvalue weighted by Crippen LogP contribution is 2.30. The molecule has 2 saturated heterocycles. The van der Waals surface area contributed by atoms with Gasteiger partial charge < -0.3 is 19.5 Å². The molecule has 2 aromatic heterocycles. The lowest BCUT2D eigenvalue weighted by atomic mass is 9.89. The molecule has 4 heterocycles. The second-order valence-electron chi connectivity index (χ2n) is 8.70. The molecule has 2 aliphatic rings. The number of nitrogens with one attached hydrogen (secondary N) is 1. The Morgan fingerprint density at radius 2 is 1.82 bits per heavy atom. The van der Waals surface area contributed by atoms with Crippen LogP contribution in [0.15, 0.2) is 65.6 Å². The molecule has 2 amide bonds. The van der Waals surface area contributed by atoms with E-state index in [2.05, 4.69) is 32.5 Å². The molecule has 1 atom stereocenters. The first-order valence-electron chi connectivity index (χ1n) is 11.4. The Morgan fingerprint density at radius 1 is 1.00 bits per heavy atom. The molecule has 33 heavy (non-hydrogen) atoms. The van der Waals surface area contributed by atoms with Gasteiger partial charge in [0.15, 0.2) is 5.82 Å². The topological polar surface area (TPSA) is 91.6 Å². The molecule has 3 aromatic rings. The third-order valence-electron chi connectivity index (χ3n) is 6.64. The van der Waals surface area contributed by atoms with E-state index in [1.807, 2.05) is 29.2 Å². The lowest BCUT2D eigenvalue weighted by Crippen LogP contribution is -2.37. The van der Waals surface area contributed by atoms with Crippen LogP contribution in [0.4, 0.5) is 11.5 Å². The van der Waals surface area contributed by atoms with Crippen molar-refractivity contribution in [1.29, 1.82) is 0 Å². The minimum atomic E-state index is -0.0659. The van der Waals surface area contributed by atoms with E-state index < -0.39 is 0 Å². The number of furan rings is 1. The van der Waals surface area contributed by atoms with Gasteiger partial charge in [-0.15, -0.1) is 5.10 Å². The van der Waals surface area contributed by atoms with Crippen molar-refractivity contribution in [2.75, 3.05) is 36.4 Å². The maximum absolute atomic E-state index is 12.8. The normalized spacial score (nSPS) is 19.0. The molecular formula is C25H27N5O3. The first-order valence-corrected chi connectivity index (χ1v) is 11.4. The molecular weight excluding hydrogens is 418 g/mol. The van der Waals surface area contributed by atoms with Crippen LogP contribution in [0.2, 0.25) is 0 Å². The van der Waals surface area contributed by atoms with Gasteiger partial charge in [0.05, 0.1) is 17.7 Å². The van der Waals surface area contributed by atoms with Gasteiger partial charge in [-0.3, -0.25) is 9.59 Å². The molecule has 0 saturated carbocycles. The molecule has 8 heteroatoms. The van der Waals surface area contributed by atoms with E-state index in [4.69, 9.17) is 4.42 Å². The molecule has 1 aromatic carbocycles. The highest BCUT2D eigenvalue weighted by molar-refractivity contribution is 5.94. The van der Waals surface area contributed by atoms with Crippen LogP contribution in [0.5, 0.6) is 0 Å². The van der Waals surface area contributed by atoms with Gasteiger partial charge in [-0.1, -0.05) is 12.1 Å². The molecule has 0 spiro atoms. The van der Waals surface area contributed by atoms with E-state index in [-0.39, 0.29) is 17.7 Å². The van der Waals surface area contributed by atoms with Gasteiger partial charge in [-0.05, 0) is 61.1 Å². The van der Waals surface area contributed by atoms with Crippen molar-refractivity contribution in [2.24, 2.45) is 5.92 Å². The minimum absolute atomic E-state index is 0.0325. The van der Waals surface area contributed by atoms with E-state index in [9.17, 15) is 9.59 Å². The Morgan fingerprint density at radius 3 is 2.52 bits per heavy atom. The number of benzene rings is 1. The Labute approximate surface area is 192 Å². The van der Waals surface area contributed by atoms with Gasteiger partial charge in [0.25, 0.3) is 5.91 Å². The summed E-state index contributed by atoms with van der Waals surface area (Å²) in [5, 5.41) is 11.1. The zero-order valence-corrected chi connectivity index (χ0v) is 18.4. The van der Waals surface area contributed by atoms with Crippen molar-refractivity contribution >= 4 is 23.3 Å². The predicted molar refractivity (Wildman–Crippen MR) is 124 cm³/mol. The van der Waals surface area contributed by atoms with Crippen LogP contribution in [0.3, 0.4) is 0 Å². The van der Waals surface area contributed by atoms with Gasteiger partial charge >= 0.3 is 0 Å². The fourth-order valence-electron chi connectivity index (χ4n) is 4.71. The lowest BCUT2D eigenvalue weighted by Gasteiger charge is -2.32. The Kier molecular flexibility index (Phi) is 6.06. The fourth-order valence-corrected chi connectivity index (χ4v) is 4.71. The molecule has 0 aliphatic carbocycles. The van der Waals surface area contributed by atoms with Crippen LogP contribution in [-0.4, -0.2) is 53.1 Å². The van der Waals surface area contributed by atoms with Gasteiger partial charge in [0.1, 0.15) is 6.26 Å². The molecule has 0 bridgehead atoms. The Hall–Kier alpha value is -3.68. The SMILES string of the molecule is O=C(Nc1ccc(C2CCN(C(=O)c3ccoc3)CC2)cc1)[C@H]1CCN(c2cccnn2)C1. The average Bonchev–Trinajstić information content (AvgIpc) is 3.58. The van der Waals surface area contributed by atoms with Crippen LogP contribution in [0, 0.1) is 5.92 Å². The number of nitrogens with zero attached hydrogens (tertiary/aromatic N) is 4. The van der Waals surface area contributed by atoms with E-state index >= 15 is 0 Å². The van der Waals surface area contributed by atoms with Crippen LogP contribution in [-0.2, 0) is 4.79 Å². The van der Waals surface area contributed by atoms with Crippen LogP contribution in [0.1, 0.15) is 41.1 Å². The first kappa shape index (κ1) is 21.2. The summed E-state index contributed by atoms with van der Waals surface area (Å²) in [6.45, 7) is 2.92. The highest BCUT2D eigenvalue weighted by atomic mass is 16.3. The summed E-state index contributed by atoms with van der Waals surface area (Å²) in [5.74, 6) is 1.24. The summed E-state index contributed by atoms with van der Waals surface area (Å²) in [6, 6.07) is 13.6. The number of rotatable bonds is 5. The van der Waals surface area contributed by atoms with Crippen molar-refractivity contribution in [2.45, 2.75) is 25.2 Å². The molecule has 8 nitrogen and oxygen atoms in total. The highest BCUT2D eigenvalue weighted by Gasteiger charge is 2.29. The number of piperidine rings is 1. The zero-order chi connectivity index (χ0) is 22.6. The van der Waals surface area contributed by atoms with E-state index in [1.165, 1.54) is 18.1 Å². The third-order valence-corrected chi connectivity index (χ3v) is 6.64. The van der Waals surface area contributed by atoms with Gasteiger partial charge in [0, 0.05) is 38.1 Å². The van der Waals surface area contributed by atoms with E-state index in [0.29, 0.717) is 18.0 Å². The fraction of sp³-hybridized carbons (Fsp3) is 0.360. The van der Waals surface area contributed by atoms with Crippen molar-refractivity contribution < 1.29 is 14.0 Å². The number of aromatic nitrogens is 2. The zero-order valence-electron chi connectivity index (χ0n) is 18.4. The maximum atomic E-state index is 12.8. The van der Waals surface area contributed by atoms with Crippen molar-refractivity contribution in [3.05, 3.63) is 72.3 Å². The summed E-state index contributed by atoms with van der Waals surface area (Å²) in [4.78, 5) is 29.2. The first-order chi connectivity index (χ1) is 16.2. The number of hydrogen-bond donors (Lipinski definition) is 1. The van der Waals surface area contributed by atoms with Gasteiger partial charge in [-0.2, -0.15) is 5.10 Å². The number of amides is 2. The number of carbonyl (C=O) groups excluding carboxylic acids is 2. The number of likely N-dealkylation sites (tertiary alicyclic amines) is 1. The van der Waals surface area contributed by atoms with E-state index in [1.54, 1.807) is 12.3 Å². The monoisotopic (exact) mass is 445 g/mol. The van der Waals surface area contributed by atoms with Crippen molar-refractivity contribution in [3.63, 3.8) is 0 Å². The average molecular weight is 446 g/mol. The number of hydrogen-bond acceptors (Lipinski definition) is 6. The molecule has 5 rings (SSSR count). The van der Waals surface area contributed by atoms with Crippen molar-refractivity contribution in [3.8, 4) is 0 Å². The van der Waals surface area contributed by atoms with Crippen LogP contribution >= 0.6 is 0 Å². The molecule has 0 radical (unpaired) electrons. The van der Waals surface area contributed by atoms with Crippen molar-refractivity contribution in [1.82, 2.24) is 15.1 Å². The quantitative estimate of drug-likeness (QED) is 0.646. The van der Waals surface area contributed by atoms with Crippen LogP contribution in [0.25, 0.3) is 0 Å². The Balaban J connectivity index is 1.12. The number of anilines is 2. The second kappa shape index (κ2) is 9.44. The molecule has 0 unspecified atom stereocenters. The van der Waals surface area contributed by atoms with Gasteiger partial charge in [0.2, 0.25) is 5.91 Å².